The van der Waals surface area contributed by atoms with Crippen LogP contribution in [0.25, 0.3) is 0 Å². The Morgan fingerprint density at radius 2 is 1.90 bits per heavy atom. The average Bonchev–Trinajstić information content (AvgIpc) is 1.80. The first-order valence-electron chi connectivity index (χ1n) is 3.55. The Morgan fingerprint density at radius 3 is 2.30 bits per heavy atom. The first-order valence-corrected chi connectivity index (χ1v) is 3.55. The molecule has 2 heteroatoms. The minimum atomic E-state index is 0. The summed E-state index contributed by atoms with van der Waals surface area (Å²) in [4.78, 5) is 2.32. The normalized spacial score (nSPS) is 35.1. The monoisotopic (exact) mass is 214 g/mol. The van der Waals surface area contributed by atoms with Crippen LogP contribution in [0, 0.1) is 25.7 Å². The van der Waals surface area contributed by atoms with Crippen LogP contribution >= 0.6 is 0 Å². The molecule has 1 saturated heterocycles. The molecule has 2 atom stereocenters. The Labute approximate surface area is 89.4 Å². The van der Waals surface area contributed by atoms with Crippen LogP contribution in [0.1, 0.15) is 6.42 Å². The molecule has 0 spiro atoms. The van der Waals surface area contributed by atoms with Crippen molar-refractivity contribution >= 4 is 0 Å². The van der Waals surface area contributed by atoms with Gasteiger partial charge in [0.15, 0.2) is 0 Å². The smallest absolute Gasteiger partial charge is 0 e. The summed E-state index contributed by atoms with van der Waals surface area (Å²) in [6, 6.07) is 0. The van der Waals surface area contributed by atoms with Gasteiger partial charge < -0.3 is 18.7 Å². The number of rotatable bonds is 0. The molecule has 0 N–H and O–H groups in total. The predicted octanol–water partition coefficient (Wildman–Crippen LogP) is 1.22. The van der Waals surface area contributed by atoms with E-state index in [-0.39, 0.29) is 32.7 Å². The van der Waals surface area contributed by atoms with Crippen LogP contribution in [-0.2, 0) is 32.7 Å². The largest absolute Gasteiger partial charge is 0.342 e. The Bertz CT molecular complexity index is 95.3. The van der Waals surface area contributed by atoms with Gasteiger partial charge in [0.25, 0.3) is 0 Å². The molecule has 10 heavy (non-hydrogen) atoms. The van der Waals surface area contributed by atoms with Crippen LogP contribution in [0.5, 0.6) is 0 Å². The molecule has 1 radical (unpaired) electrons. The molecule has 1 rings (SSSR count). The maximum Gasteiger partial charge on any atom is 0 e. The quantitative estimate of drug-likeness (QED) is 0.548. The fraction of sp³-hybridized carbons (Fsp3) is 0.750. The van der Waals surface area contributed by atoms with Crippen LogP contribution in [0.2, 0.25) is 0 Å². The van der Waals surface area contributed by atoms with E-state index in [2.05, 4.69) is 25.8 Å². The molecule has 0 aromatic rings. The zero-order valence-electron chi connectivity index (χ0n) is 6.71. The summed E-state index contributed by atoms with van der Waals surface area (Å²) in [5.41, 5.74) is 0. The van der Waals surface area contributed by atoms with E-state index in [0.29, 0.717) is 11.8 Å². The van der Waals surface area contributed by atoms with Gasteiger partial charge in [-0.05, 0) is 20.1 Å². The van der Waals surface area contributed by atoms with Gasteiger partial charge in [0.2, 0.25) is 0 Å². The summed E-state index contributed by atoms with van der Waals surface area (Å²) in [6.45, 7) is 10.4. The molecule has 0 aliphatic carbocycles. The summed E-state index contributed by atoms with van der Waals surface area (Å²) >= 11 is 0. The van der Waals surface area contributed by atoms with Crippen molar-refractivity contribution in [3.63, 3.8) is 0 Å². The maximum atomic E-state index is 4.02. The van der Waals surface area contributed by atoms with Gasteiger partial charge in [-0.1, -0.05) is 6.42 Å². The van der Waals surface area contributed by atoms with Crippen LogP contribution in [-0.4, -0.2) is 25.0 Å². The van der Waals surface area contributed by atoms with Gasteiger partial charge >= 0.3 is 0 Å². The van der Waals surface area contributed by atoms with Crippen LogP contribution < -0.4 is 0 Å². The first-order chi connectivity index (χ1) is 4.20. The molecule has 0 saturated carbocycles. The van der Waals surface area contributed by atoms with Gasteiger partial charge in [-0.2, -0.15) is 11.8 Å². The zero-order valence-corrected chi connectivity index (χ0v) is 9.55. The second-order valence-corrected chi connectivity index (χ2v) is 3.07. The molecule has 1 nitrogen and oxygen atoms in total. The van der Waals surface area contributed by atoms with Crippen molar-refractivity contribution in [1.82, 2.24) is 4.90 Å². The van der Waals surface area contributed by atoms with E-state index >= 15 is 0 Å². The predicted molar refractivity (Wildman–Crippen MR) is 39.8 cm³/mol. The molecular formula is C8H15NY-2. The number of nitrogens with zero attached hydrogens (tertiary/aromatic N) is 1. The van der Waals surface area contributed by atoms with Gasteiger partial charge in [-0.3, -0.25) is 0 Å². The van der Waals surface area contributed by atoms with Crippen LogP contribution in [0.4, 0.5) is 0 Å². The SMILES string of the molecule is [CH2-]C1CCN(C)CC1[CH2-].[Y]. The fourth-order valence-electron chi connectivity index (χ4n) is 1.26. The second kappa shape index (κ2) is 4.84. The van der Waals surface area contributed by atoms with E-state index in [0.717, 1.165) is 6.54 Å². The molecular weight excluding hydrogens is 199 g/mol. The molecule has 0 bridgehead atoms. The Kier molecular flexibility index (Phi) is 5.36. The van der Waals surface area contributed by atoms with Gasteiger partial charge in [0.05, 0.1) is 0 Å². The Balaban J connectivity index is 0.000000810. The van der Waals surface area contributed by atoms with Crippen molar-refractivity contribution in [2.24, 2.45) is 11.8 Å². The van der Waals surface area contributed by atoms with E-state index in [9.17, 15) is 0 Å². The minimum Gasteiger partial charge on any atom is -0.342 e. The third-order valence-corrected chi connectivity index (χ3v) is 2.09. The van der Waals surface area contributed by atoms with E-state index in [4.69, 9.17) is 0 Å². The Morgan fingerprint density at radius 1 is 1.30 bits per heavy atom. The van der Waals surface area contributed by atoms with Crippen molar-refractivity contribution in [3.8, 4) is 0 Å². The summed E-state index contributed by atoms with van der Waals surface area (Å²) in [5, 5.41) is 0. The molecule has 57 valence electrons. The van der Waals surface area contributed by atoms with E-state index in [1.807, 2.05) is 0 Å². The fourth-order valence-corrected chi connectivity index (χ4v) is 1.26. The number of piperidine rings is 1. The topological polar surface area (TPSA) is 3.24 Å². The summed E-state index contributed by atoms with van der Waals surface area (Å²) in [7, 11) is 2.14. The second-order valence-electron chi connectivity index (χ2n) is 3.07. The van der Waals surface area contributed by atoms with E-state index in [1.165, 1.54) is 13.0 Å². The molecule has 2 unspecified atom stereocenters. The van der Waals surface area contributed by atoms with Crippen molar-refractivity contribution in [2.75, 3.05) is 20.1 Å². The van der Waals surface area contributed by atoms with Gasteiger partial charge in [-0.25, -0.2) is 0 Å². The molecule has 1 fully saturated rings. The van der Waals surface area contributed by atoms with E-state index < -0.39 is 0 Å². The van der Waals surface area contributed by atoms with E-state index in [1.54, 1.807) is 0 Å². The number of hydrogen-bond donors (Lipinski definition) is 0. The maximum absolute atomic E-state index is 4.02. The third kappa shape index (κ3) is 2.98. The minimum absolute atomic E-state index is 0. The summed E-state index contributed by atoms with van der Waals surface area (Å²) in [5.74, 6) is 1.13. The van der Waals surface area contributed by atoms with Crippen LogP contribution in [0.15, 0.2) is 0 Å². The molecule has 0 aromatic heterocycles. The molecule has 1 heterocycles. The molecule has 1 aliphatic rings. The van der Waals surface area contributed by atoms with Crippen molar-refractivity contribution in [2.45, 2.75) is 6.42 Å². The number of hydrogen-bond acceptors (Lipinski definition) is 1. The Hall–Kier alpha value is 1.06. The summed E-state index contributed by atoms with van der Waals surface area (Å²) in [6.07, 6.45) is 1.21. The van der Waals surface area contributed by atoms with Crippen molar-refractivity contribution < 1.29 is 32.7 Å². The van der Waals surface area contributed by atoms with Crippen LogP contribution in [0.3, 0.4) is 0 Å². The average molecular weight is 214 g/mol. The van der Waals surface area contributed by atoms with Gasteiger partial charge in [0, 0.05) is 32.7 Å². The molecule has 0 aromatic carbocycles. The zero-order chi connectivity index (χ0) is 6.85. The summed E-state index contributed by atoms with van der Waals surface area (Å²) < 4.78 is 0. The third-order valence-electron chi connectivity index (χ3n) is 2.09. The van der Waals surface area contributed by atoms with Gasteiger partial charge in [0.1, 0.15) is 0 Å². The molecule has 1 aliphatic heterocycles. The standard InChI is InChI=1S/C8H15N.Y/c1-7-4-5-9(3)6-8(7)2;/h7-8H,1-2,4-6H2,3H3;/q-2;. The van der Waals surface area contributed by atoms with Gasteiger partial charge in [-0.15, -0.1) is 0 Å². The van der Waals surface area contributed by atoms with Crippen molar-refractivity contribution in [3.05, 3.63) is 13.8 Å². The number of likely N-dealkylation sites (tertiary alicyclic amines) is 1. The van der Waals surface area contributed by atoms with Crippen molar-refractivity contribution in [1.29, 1.82) is 0 Å². The molecule has 0 amide bonds. The first kappa shape index (κ1) is 11.1.